The van der Waals surface area contributed by atoms with Crippen molar-refractivity contribution in [3.05, 3.63) is 42.0 Å². The van der Waals surface area contributed by atoms with E-state index in [-0.39, 0.29) is 11.7 Å². The van der Waals surface area contributed by atoms with Gasteiger partial charge in [-0.1, -0.05) is 30.3 Å². The number of nitrogens with zero attached hydrogens (tertiary/aromatic N) is 1. The molecule has 0 bridgehead atoms. The third-order valence-electron chi connectivity index (χ3n) is 3.94. The van der Waals surface area contributed by atoms with Gasteiger partial charge in [0.2, 0.25) is 10.0 Å². The highest BCUT2D eigenvalue weighted by Gasteiger charge is 2.53. The van der Waals surface area contributed by atoms with Gasteiger partial charge in [0.25, 0.3) is 0 Å². The second-order valence-corrected chi connectivity index (χ2v) is 9.85. The van der Waals surface area contributed by atoms with Gasteiger partial charge in [-0.3, -0.25) is 0 Å². The molecule has 154 valence electrons. The number of ether oxygens (including phenoxy) is 2. The zero-order chi connectivity index (χ0) is 20.7. The molecule has 1 fully saturated rings. The molecule has 1 aliphatic heterocycles. The van der Waals surface area contributed by atoms with E-state index in [1.54, 1.807) is 24.3 Å². The number of benzene rings is 2. The van der Waals surface area contributed by atoms with Crippen molar-refractivity contribution in [1.29, 1.82) is 0 Å². The summed E-state index contributed by atoms with van der Waals surface area (Å²) in [7, 11) is -11.3. The average molecular weight is 440 g/mol. The Morgan fingerprint density at radius 3 is 2.29 bits per heavy atom. The van der Waals surface area contributed by atoms with Crippen molar-refractivity contribution in [2.45, 2.75) is 17.4 Å². The number of fused-ring (bicyclic) bond motifs is 1. The van der Waals surface area contributed by atoms with Gasteiger partial charge in [0.05, 0.1) is 12.4 Å². The molecule has 8 nitrogen and oxygen atoms in total. The maximum absolute atomic E-state index is 12.6. The Balaban J connectivity index is 1.94. The predicted molar refractivity (Wildman–Crippen MR) is 92.8 cm³/mol. The molecule has 13 heteroatoms. The van der Waals surface area contributed by atoms with E-state index >= 15 is 0 Å². The molecular formula is C15H15F3N2O6S2. The van der Waals surface area contributed by atoms with Crippen LogP contribution in [0.15, 0.2) is 36.4 Å². The fourth-order valence-corrected chi connectivity index (χ4v) is 5.03. The Labute approximate surface area is 158 Å². The third-order valence-corrected chi connectivity index (χ3v) is 7.50. The fourth-order valence-electron chi connectivity index (χ4n) is 2.44. The van der Waals surface area contributed by atoms with Crippen molar-refractivity contribution < 1.29 is 39.5 Å². The molecule has 0 aliphatic carbocycles. The molecule has 2 aromatic rings. The number of hydrazine groups is 1. The zero-order valence-electron chi connectivity index (χ0n) is 14.1. The van der Waals surface area contributed by atoms with Crippen LogP contribution < -0.4 is 10.6 Å². The summed E-state index contributed by atoms with van der Waals surface area (Å²) in [6, 6.07) is 9.23. The van der Waals surface area contributed by atoms with Crippen LogP contribution in [0.3, 0.4) is 0 Å². The van der Waals surface area contributed by atoms with E-state index in [1.807, 2.05) is 0 Å². The molecular weight excluding hydrogens is 425 g/mol. The lowest BCUT2D eigenvalue weighted by Gasteiger charge is -2.19. The third kappa shape index (κ3) is 4.07. The van der Waals surface area contributed by atoms with Crippen LogP contribution in [0.1, 0.15) is 5.56 Å². The van der Waals surface area contributed by atoms with Crippen molar-refractivity contribution in [2.24, 2.45) is 5.84 Å². The first-order valence-electron chi connectivity index (χ1n) is 7.78. The number of hydrogen-bond acceptors (Lipinski definition) is 7. The average Bonchev–Trinajstić information content (AvgIpc) is 3.43. The van der Waals surface area contributed by atoms with Crippen LogP contribution in [0.5, 0.6) is 5.75 Å². The van der Waals surface area contributed by atoms with Crippen molar-refractivity contribution in [2.75, 3.05) is 13.2 Å². The normalized spacial score (nSPS) is 17.8. The monoisotopic (exact) mass is 440 g/mol. The minimum absolute atomic E-state index is 0.0165. The summed E-state index contributed by atoms with van der Waals surface area (Å²) >= 11 is 0. The molecule has 28 heavy (non-hydrogen) atoms. The summed E-state index contributed by atoms with van der Waals surface area (Å²) in [4.78, 5) is 0. The van der Waals surface area contributed by atoms with Gasteiger partial charge < -0.3 is 9.47 Å². The van der Waals surface area contributed by atoms with E-state index < -0.39 is 35.1 Å². The van der Waals surface area contributed by atoms with Crippen molar-refractivity contribution in [1.82, 2.24) is 3.82 Å². The summed E-state index contributed by atoms with van der Waals surface area (Å²) in [6.45, 7) is 0.871. The smallest absolute Gasteiger partial charge is 0.490 e. The molecule has 0 saturated carbocycles. The summed E-state index contributed by atoms with van der Waals surface area (Å²) in [5.74, 6) is 4.20. The first-order valence-corrected chi connectivity index (χ1v) is 10.8. The van der Waals surface area contributed by atoms with Crippen LogP contribution in [0.4, 0.5) is 13.2 Å². The number of rotatable bonds is 7. The fraction of sp³-hybridized carbons (Fsp3) is 0.333. The SMILES string of the molecule is NN(S(=O)(=O)Cc1ccc(OCC2CO2)c2ccccc12)S(=O)(=O)C(F)(F)F. The molecule has 1 unspecified atom stereocenters. The summed E-state index contributed by atoms with van der Waals surface area (Å²) in [5.41, 5.74) is -5.78. The number of halogens is 3. The molecule has 0 radical (unpaired) electrons. The Bertz CT molecular complexity index is 1100. The Morgan fingerprint density at radius 1 is 1.11 bits per heavy atom. The quantitative estimate of drug-likeness (QED) is 0.393. The molecule has 2 N–H and O–H groups in total. The van der Waals surface area contributed by atoms with Crippen LogP contribution in [0, 0.1) is 0 Å². The van der Waals surface area contributed by atoms with Gasteiger partial charge in [0.15, 0.2) is 0 Å². The zero-order valence-corrected chi connectivity index (χ0v) is 15.7. The lowest BCUT2D eigenvalue weighted by Crippen LogP contribution is -2.48. The van der Waals surface area contributed by atoms with Gasteiger partial charge in [-0.2, -0.15) is 13.2 Å². The molecule has 0 spiro atoms. The van der Waals surface area contributed by atoms with Gasteiger partial charge in [0, 0.05) is 5.39 Å². The highest BCUT2D eigenvalue weighted by molar-refractivity contribution is 8.03. The number of hydrogen-bond donors (Lipinski definition) is 1. The largest absolute Gasteiger partial charge is 0.513 e. The molecule has 0 amide bonds. The first kappa shape index (κ1) is 20.8. The lowest BCUT2D eigenvalue weighted by atomic mass is 10.0. The van der Waals surface area contributed by atoms with E-state index in [9.17, 15) is 30.0 Å². The molecule has 1 heterocycles. The highest BCUT2D eigenvalue weighted by atomic mass is 32.3. The summed E-state index contributed by atoms with van der Waals surface area (Å²) in [6.07, 6.45) is -0.0165. The summed E-state index contributed by atoms with van der Waals surface area (Å²) in [5, 5.41) is 0.885. The second-order valence-electron chi connectivity index (χ2n) is 5.97. The van der Waals surface area contributed by atoms with E-state index in [0.29, 0.717) is 29.7 Å². The molecule has 3 rings (SSSR count). The molecule has 1 saturated heterocycles. The topological polar surface area (TPSA) is 119 Å². The minimum atomic E-state index is -6.24. The maximum Gasteiger partial charge on any atom is 0.513 e. The van der Waals surface area contributed by atoms with Gasteiger partial charge in [-0.25, -0.2) is 22.7 Å². The summed E-state index contributed by atoms with van der Waals surface area (Å²) < 4.78 is 94.5. The van der Waals surface area contributed by atoms with Crippen LogP contribution in [-0.2, 0) is 30.5 Å². The van der Waals surface area contributed by atoms with Crippen molar-refractivity contribution in [3.63, 3.8) is 0 Å². The Kier molecular flexibility index (Phi) is 5.31. The Morgan fingerprint density at radius 2 is 1.71 bits per heavy atom. The van der Waals surface area contributed by atoms with E-state index in [0.717, 1.165) is 0 Å². The van der Waals surface area contributed by atoms with Crippen molar-refractivity contribution in [3.8, 4) is 5.75 Å². The Hall–Kier alpha value is -1.93. The second kappa shape index (κ2) is 7.15. The maximum atomic E-state index is 12.6. The minimum Gasteiger partial charge on any atom is -0.490 e. The van der Waals surface area contributed by atoms with Gasteiger partial charge in [-0.05, 0) is 20.8 Å². The van der Waals surface area contributed by atoms with Crippen LogP contribution in [-0.4, -0.2) is 45.5 Å². The number of sulfonamides is 2. The molecule has 1 atom stereocenters. The first-order chi connectivity index (χ1) is 12.9. The van der Waals surface area contributed by atoms with Crippen molar-refractivity contribution >= 4 is 30.8 Å². The van der Waals surface area contributed by atoms with Crippen LogP contribution in [0.2, 0.25) is 0 Å². The number of epoxide rings is 1. The standard InChI is InChI=1S/C15H15F3N2O6S2/c16-15(17,18)28(23,24)20(19)27(21,22)9-10-5-6-14(26-8-11-7-25-11)13-4-2-1-3-12(10)13/h1-6,11H,7-9,19H2. The molecule has 2 aromatic carbocycles. The number of alkyl halides is 3. The van der Waals surface area contributed by atoms with Gasteiger partial charge in [-0.15, -0.1) is 0 Å². The van der Waals surface area contributed by atoms with E-state index in [2.05, 4.69) is 0 Å². The highest BCUT2D eigenvalue weighted by Crippen LogP contribution is 2.32. The molecule has 0 aromatic heterocycles. The van der Waals surface area contributed by atoms with Gasteiger partial charge in [0.1, 0.15) is 18.5 Å². The van der Waals surface area contributed by atoms with Gasteiger partial charge >= 0.3 is 15.5 Å². The molecule has 1 aliphatic rings. The van der Waals surface area contributed by atoms with E-state index in [1.165, 1.54) is 12.1 Å². The van der Waals surface area contributed by atoms with Crippen LogP contribution in [0.25, 0.3) is 10.8 Å². The number of nitrogens with two attached hydrogens (primary N) is 1. The van der Waals surface area contributed by atoms with Crippen LogP contribution >= 0.6 is 0 Å². The predicted octanol–water partition coefficient (Wildman–Crippen LogP) is 1.47. The van der Waals surface area contributed by atoms with E-state index in [4.69, 9.17) is 15.3 Å². The lowest BCUT2D eigenvalue weighted by molar-refractivity contribution is -0.0469.